The van der Waals surface area contributed by atoms with E-state index in [1.807, 2.05) is 12.1 Å². The first kappa shape index (κ1) is 21.8. The molecular formula is C24H26N4O3S. The van der Waals surface area contributed by atoms with Crippen molar-refractivity contribution < 1.29 is 13.2 Å². The number of amides is 1. The van der Waals surface area contributed by atoms with Crippen molar-refractivity contribution in [2.45, 2.75) is 19.3 Å². The molecule has 2 heterocycles. The summed E-state index contributed by atoms with van der Waals surface area (Å²) in [6, 6.07) is 12.8. The number of carbonyl (C=O) groups is 1. The van der Waals surface area contributed by atoms with Crippen LogP contribution in [0.2, 0.25) is 0 Å². The summed E-state index contributed by atoms with van der Waals surface area (Å²) in [6.07, 6.45) is 11.5. The first-order valence-corrected chi connectivity index (χ1v) is 12.5. The van der Waals surface area contributed by atoms with Crippen molar-refractivity contribution in [2.24, 2.45) is 0 Å². The van der Waals surface area contributed by atoms with Crippen LogP contribution in [0.15, 0.2) is 60.9 Å². The summed E-state index contributed by atoms with van der Waals surface area (Å²) >= 11 is 0. The third kappa shape index (κ3) is 5.45. The van der Waals surface area contributed by atoms with Gasteiger partial charge in [-0.1, -0.05) is 12.1 Å². The number of carbonyl (C=O) groups excluding carboxylic acids is 1. The molecule has 1 aromatic heterocycles. The first-order valence-electron chi connectivity index (χ1n) is 10.6. The van der Waals surface area contributed by atoms with E-state index in [1.165, 1.54) is 31.0 Å². The van der Waals surface area contributed by atoms with Crippen molar-refractivity contribution in [3.63, 3.8) is 0 Å². The maximum atomic E-state index is 12.6. The molecule has 0 saturated carbocycles. The molecule has 1 aliphatic rings. The molecule has 166 valence electrons. The van der Waals surface area contributed by atoms with Gasteiger partial charge in [0.2, 0.25) is 15.9 Å². The van der Waals surface area contributed by atoms with Crippen LogP contribution < -0.4 is 14.9 Å². The number of anilines is 3. The number of aromatic nitrogens is 1. The maximum Gasteiger partial charge on any atom is 0.248 e. The molecule has 1 saturated heterocycles. The minimum absolute atomic E-state index is 0.251. The van der Waals surface area contributed by atoms with Gasteiger partial charge in [-0.25, -0.2) is 8.42 Å². The molecule has 0 aliphatic carbocycles. The van der Waals surface area contributed by atoms with Gasteiger partial charge in [-0.05, 0) is 61.2 Å². The molecule has 1 amide bonds. The zero-order valence-corrected chi connectivity index (χ0v) is 18.7. The number of hydrogen-bond acceptors (Lipinski definition) is 5. The van der Waals surface area contributed by atoms with Crippen LogP contribution in [-0.4, -0.2) is 38.7 Å². The van der Waals surface area contributed by atoms with Crippen LogP contribution in [0.4, 0.5) is 17.1 Å². The molecule has 1 fully saturated rings. The Morgan fingerprint density at radius 3 is 2.47 bits per heavy atom. The largest absolute Gasteiger partial charge is 0.371 e. The van der Waals surface area contributed by atoms with Crippen LogP contribution >= 0.6 is 0 Å². The normalized spacial score (nSPS) is 14.6. The van der Waals surface area contributed by atoms with Crippen molar-refractivity contribution in [2.75, 3.05) is 34.3 Å². The number of piperidine rings is 1. The van der Waals surface area contributed by atoms with Gasteiger partial charge in [-0.3, -0.25) is 14.5 Å². The second-order valence-corrected chi connectivity index (χ2v) is 9.67. The minimum atomic E-state index is -3.32. The minimum Gasteiger partial charge on any atom is -0.371 e. The zero-order valence-electron chi connectivity index (χ0n) is 17.9. The van der Waals surface area contributed by atoms with Crippen molar-refractivity contribution in [1.29, 1.82) is 0 Å². The molecule has 0 radical (unpaired) electrons. The van der Waals surface area contributed by atoms with E-state index in [9.17, 15) is 13.2 Å². The fraction of sp³-hybridized carbons (Fsp3) is 0.250. The molecule has 0 atom stereocenters. The zero-order chi connectivity index (χ0) is 22.6. The number of pyridine rings is 1. The third-order valence-electron chi connectivity index (χ3n) is 5.39. The molecule has 1 aliphatic heterocycles. The van der Waals surface area contributed by atoms with E-state index < -0.39 is 10.0 Å². The van der Waals surface area contributed by atoms with E-state index in [0.29, 0.717) is 5.69 Å². The highest BCUT2D eigenvalue weighted by molar-refractivity contribution is 7.92. The standard InChI is InChI=1S/C24H26N4O3S/c1-32(30,31)27-19-8-5-18(6-9-19)7-12-24(29)26-22-10-11-23(28-15-3-2-4-16-28)20-13-14-25-17-21(20)22/h5-14,17,27H,2-4,15-16H2,1H3,(H,26,29)/b12-7+. The monoisotopic (exact) mass is 450 g/mol. The highest BCUT2D eigenvalue weighted by Crippen LogP contribution is 2.33. The van der Waals surface area contributed by atoms with E-state index in [2.05, 4.69) is 26.0 Å². The summed E-state index contributed by atoms with van der Waals surface area (Å²) in [6.45, 7) is 2.09. The smallest absolute Gasteiger partial charge is 0.248 e. The predicted molar refractivity (Wildman–Crippen MR) is 130 cm³/mol. The van der Waals surface area contributed by atoms with E-state index in [1.54, 1.807) is 42.7 Å². The van der Waals surface area contributed by atoms with Crippen LogP contribution in [0, 0.1) is 0 Å². The van der Waals surface area contributed by atoms with Crippen LogP contribution in [-0.2, 0) is 14.8 Å². The number of rotatable bonds is 6. The van der Waals surface area contributed by atoms with Crippen molar-refractivity contribution in [3.8, 4) is 0 Å². The Bertz CT molecular complexity index is 1250. The lowest BCUT2D eigenvalue weighted by molar-refractivity contribution is -0.111. The Balaban J connectivity index is 1.49. The number of hydrogen-bond donors (Lipinski definition) is 2. The summed E-state index contributed by atoms with van der Waals surface area (Å²) < 4.78 is 25.0. The average Bonchev–Trinajstić information content (AvgIpc) is 2.78. The molecule has 0 spiro atoms. The van der Waals surface area contributed by atoms with Crippen LogP contribution in [0.3, 0.4) is 0 Å². The van der Waals surface area contributed by atoms with Crippen molar-refractivity contribution >= 4 is 49.8 Å². The number of benzene rings is 2. The van der Waals surface area contributed by atoms with E-state index >= 15 is 0 Å². The lowest BCUT2D eigenvalue weighted by Crippen LogP contribution is -2.29. The van der Waals surface area contributed by atoms with Gasteiger partial charge < -0.3 is 10.2 Å². The lowest BCUT2D eigenvalue weighted by atomic mass is 10.1. The molecule has 0 unspecified atom stereocenters. The van der Waals surface area contributed by atoms with Gasteiger partial charge in [0.1, 0.15) is 0 Å². The van der Waals surface area contributed by atoms with Gasteiger partial charge in [-0.2, -0.15) is 0 Å². The SMILES string of the molecule is CS(=O)(=O)Nc1ccc(/C=C/C(=O)Nc2ccc(N3CCCCC3)c3ccncc23)cc1. The van der Waals surface area contributed by atoms with E-state index in [-0.39, 0.29) is 5.91 Å². The Hall–Kier alpha value is -3.39. The predicted octanol–water partition coefficient (Wildman–Crippen LogP) is 4.25. The second kappa shape index (κ2) is 9.40. The van der Waals surface area contributed by atoms with Gasteiger partial charge in [0.25, 0.3) is 0 Å². The number of fused-ring (bicyclic) bond motifs is 1. The molecular weight excluding hydrogens is 424 g/mol. The van der Waals surface area contributed by atoms with Crippen LogP contribution in [0.1, 0.15) is 24.8 Å². The summed E-state index contributed by atoms with van der Waals surface area (Å²) in [5.41, 5.74) is 3.16. The van der Waals surface area contributed by atoms with Crippen LogP contribution in [0.5, 0.6) is 0 Å². The summed E-state index contributed by atoms with van der Waals surface area (Å²) in [4.78, 5) is 19.2. The van der Waals surface area contributed by atoms with Crippen molar-refractivity contribution in [3.05, 3.63) is 66.5 Å². The second-order valence-electron chi connectivity index (χ2n) is 7.92. The summed E-state index contributed by atoms with van der Waals surface area (Å²) in [5, 5.41) is 4.94. The third-order valence-corrected chi connectivity index (χ3v) is 6.00. The average molecular weight is 451 g/mol. The Morgan fingerprint density at radius 2 is 1.75 bits per heavy atom. The molecule has 4 rings (SSSR count). The number of sulfonamides is 1. The van der Waals surface area contributed by atoms with Crippen molar-refractivity contribution in [1.82, 2.24) is 4.98 Å². The molecule has 7 nitrogen and oxygen atoms in total. The highest BCUT2D eigenvalue weighted by atomic mass is 32.2. The van der Waals surface area contributed by atoms with Gasteiger partial charge in [0.15, 0.2) is 0 Å². The lowest BCUT2D eigenvalue weighted by Gasteiger charge is -2.30. The Labute approximate surface area is 188 Å². The molecule has 8 heteroatoms. The molecule has 2 N–H and O–H groups in total. The van der Waals surface area contributed by atoms with Gasteiger partial charge in [-0.15, -0.1) is 0 Å². The fourth-order valence-corrected chi connectivity index (χ4v) is 4.48. The number of nitrogens with zero attached hydrogens (tertiary/aromatic N) is 2. The van der Waals surface area contributed by atoms with E-state index in [4.69, 9.17) is 0 Å². The molecule has 0 bridgehead atoms. The summed E-state index contributed by atoms with van der Waals surface area (Å²) in [7, 11) is -3.32. The highest BCUT2D eigenvalue weighted by Gasteiger charge is 2.15. The first-order chi connectivity index (χ1) is 15.4. The Kier molecular flexibility index (Phi) is 6.41. The summed E-state index contributed by atoms with van der Waals surface area (Å²) in [5.74, 6) is -0.251. The fourth-order valence-electron chi connectivity index (χ4n) is 3.92. The van der Waals surface area contributed by atoms with Gasteiger partial charge in [0.05, 0.1) is 11.9 Å². The van der Waals surface area contributed by atoms with Gasteiger partial charge >= 0.3 is 0 Å². The number of nitrogens with one attached hydrogen (secondary N) is 2. The topological polar surface area (TPSA) is 91.4 Å². The quantitative estimate of drug-likeness (QED) is 0.548. The molecule has 3 aromatic rings. The van der Waals surface area contributed by atoms with Crippen LogP contribution in [0.25, 0.3) is 16.8 Å². The van der Waals surface area contributed by atoms with E-state index in [0.717, 1.165) is 41.4 Å². The molecule has 32 heavy (non-hydrogen) atoms. The Morgan fingerprint density at radius 1 is 1.00 bits per heavy atom. The molecule has 2 aromatic carbocycles. The maximum absolute atomic E-state index is 12.6. The van der Waals surface area contributed by atoms with Gasteiger partial charge in [0, 0.05) is 53.7 Å².